The first kappa shape index (κ1) is 36.4. The molecule has 4 aromatic carbocycles. The van der Waals surface area contributed by atoms with Gasteiger partial charge in [-0.25, -0.2) is 0 Å². The van der Waals surface area contributed by atoms with E-state index < -0.39 is 33.8 Å². The van der Waals surface area contributed by atoms with Crippen molar-refractivity contribution < 1.29 is 35.7 Å². The maximum Gasteiger partial charge on any atom is 0.416 e. The number of alkyl halides is 3. The number of benzene rings is 4. The van der Waals surface area contributed by atoms with E-state index in [1.54, 1.807) is 54.7 Å². The van der Waals surface area contributed by atoms with E-state index in [1.807, 2.05) is 48.5 Å². The molecule has 3 N–H and O–H groups in total. The van der Waals surface area contributed by atoms with E-state index in [9.17, 15) is 31.2 Å². The largest absolute Gasteiger partial charge is 0.416 e. The molecule has 0 aliphatic carbocycles. The molecule has 0 saturated carbocycles. The zero-order valence-electron chi connectivity index (χ0n) is 27.0. The number of nitrogens with one attached hydrogen (secondary N) is 2. The molecule has 0 aliphatic rings. The van der Waals surface area contributed by atoms with E-state index in [0.29, 0.717) is 44.5 Å². The fourth-order valence-electron chi connectivity index (χ4n) is 5.03. The minimum absolute atomic E-state index is 0.201. The SMILES string of the molecule is CCS(=O)(=O)O.O=C(N[C@@H](c1ccccc1)c1ccccn1)c1cnc2cc(NC(=O)c3ccccc3-c3ccc(C(F)(F)F)cc3)ccc2c1. The standard InChI is InChI=1S/C36H25F3N4O2.C2H6O3S/c37-36(38,39)27-16-13-23(14-17-27)29-10-4-5-11-30(29)35(45)42-28-18-15-25-20-26(22-41-32(25)21-28)34(44)43-33(24-8-2-1-3-9-24)31-12-6-7-19-40-31;1-2-6(3,4)5/h1-22,33H,(H,42,45)(H,43,44);2H2,1H3,(H,3,4,5)/t33-;/m0./s1. The molecular weight excluding hydrogens is 682 g/mol. The Kier molecular flexibility index (Phi) is 11.2. The summed E-state index contributed by atoms with van der Waals surface area (Å²) in [5.74, 6) is -0.948. The molecule has 6 aromatic rings. The van der Waals surface area contributed by atoms with E-state index in [-0.39, 0.29) is 11.7 Å². The van der Waals surface area contributed by atoms with Crippen LogP contribution >= 0.6 is 0 Å². The molecule has 0 bridgehead atoms. The molecule has 1 atom stereocenters. The third kappa shape index (κ3) is 9.62. The third-order valence-electron chi connectivity index (χ3n) is 7.66. The molecular formula is C38H31F3N4O5S. The number of carbonyl (C=O) groups is 2. The van der Waals surface area contributed by atoms with Crippen LogP contribution in [0.5, 0.6) is 0 Å². The van der Waals surface area contributed by atoms with Gasteiger partial charge in [0.25, 0.3) is 21.9 Å². The number of nitrogens with zero attached hydrogens (tertiary/aromatic N) is 2. The molecule has 260 valence electrons. The van der Waals surface area contributed by atoms with Crippen molar-refractivity contribution in [1.29, 1.82) is 0 Å². The molecule has 9 nitrogen and oxygen atoms in total. The molecule has 0 spiro atoms. The second kappa shape index (κ2) is 15.7. The van der Waals surface area contributed by atoms with Crippen molar-refractivity contribution in [3.63, 3.8) is 0 Å². The van der Waals surface area contributed by atoms with Gasteiger partial charge in [0.05, 0.1) is 34.1 Å². The van der Waals surface area contributed by atoms with Crippen molar-refractivity contribution in [3.8, 4) is 11.1 Å². The van der Waals surface area contributed by atoms with Crippen molar-refractivity contribution in [2.75, 3.05) is 11.1 Å². The van der Waals surface area contributed by atoms with Gasteiger partial charge in [0.15, 0.2) is 0 Å². The van der Waals surface area contributed by atoms with Gasteiger partial charge in [0.2, 0.25) is 0 Å². The number of hydrogen-bond donors (Lipinski definition) is 3. The lowest BCUT2D eigenvalue weighted by Gasteiger charge is -2.19. The lowest BCUT2D eigenvalue weighted by atomic mass is 9.98. The smallest absolute Gasteiger partial charge is 0.339 e. The highest BCUT2D eigenvalue weighted by molar-refractivity contribution is 7.85. The topological polar surface area (TPSA) is 138 Å². The summed E-state index contributed by atoms with van der Waals surface area (Å²) in [7, 11) is -3.66. The molecule has 0 saturated heterocycles. The van der Waals surface area contributed by atoms with Gasteiger partial charge >= 0.3 is 6.18 Å². The third-order valence-corrected chi connectivity index (χ3v) is 8.39. The van der Waals surface area contributed by atoms with Crippen LogP contribution in [-0.2, 0) is 16.3 Å². The van der Waals surface area contributed by atoms with Crippen molar-refractivity contribution in [1.82, 2.24) is 15.3 Å². The number of aromatic nitrogens is 2. The number of amides is 2. The first-order valence-electron chi connectivity index (χ1n) is 15.5. The number of hydrogen-bond acceptors (Lipinski definition) is 6. The number of pyridine rings is 2. The van der Waals surface area contributed by atoms with Gasteiger partial charge in [-0.2, -0.15) is 21.6 Å². The molecule has 0 unspecified atom stereocenters. The van der Waals surface area contributed by atoms with Crippen LogP contribution in [0.3, 0.4) is 0 Å². The molecule has 2 aromatic heterocycles. The predicted molar refractivity (Wildman–Crippen MR) is 189 cm³/mol. The second-order valence-electron chi connectivity index (χ2n) is 11.1. The van der Waals surface area contributed by atoms with Crippen LogP contribution in [-0.4, -0.2) is 40.5 Å². The number of fused-ring (bicyclic) bond motifs is 1. The molecule has 0 aliphatic heterocycles. The van der Waals surface area contributed by atoms with E-state index in [1.165, 1.54) is 25.3 Å². The molecule has 51 heavy (non-hydrogen) atoms. The van der Waals surface area contributed by atoms with Crippen molar-refractivity contribution >= 4 is 38.5 Å². The van der Waals surface area contributed by atoms with Crippen LogP contribution in [0.4, 0.5) is 18.9 Å². The fraction of sp³-hybridized carbons (Fsp3) is 0.105. The molecule has 0 fully saturated rings. The number of anilines is 1. The Hall–Kier alpha value is -5.92. The lowest BCUT2D eigenvalue weighted by molar-refractivity contribution is -0.137. The van der Waals surface area contributed by atoms with Crippen LogP contribution in [0, 0.1) is 0 Å². The average molecular weight is 713 g/mol. The summed E-state index contributed by atoms with van der Waals surface area (Å²) in [5.41, 5.74) is 3.50. The number of halogens is 3. The van der Waals surface area contributed by atoms with Crippen LogP contribution in [0.25, 0.3) is 22.0 Å². The quantitative estimate of drug-likeness (QED) is 0.136. The van der Waals surface area contributed by atoms with E-state index in [0.717, 1.165) is 17.7 Å². The van der Waals surface area contributed by atoms with E-state index in [4.69, 9.17) is 4.55 Å². The summed E-state index contributed by atoms with van der Waals surface area (Å²) in [4.78, 5) is 35.5. The summed E-state index contributed by atoms with van der Waals surface area (Å²) in [6, 6.07) is 32.9. The van der Waals surface area contributed by atoms with Crippen molar-refractivity contribution in [3.05, 3.63) is 162 Å². The minimum atomic E-state index is -4.45. The first-order valence-corrected chi connectivity index (χ1v) is 17.1. The van der Waals surface area contributed by atoms with Crippen LogP contribution in [0.2, 0.25) is 0 Å². The predicted octanol–water partition coefficient (Wildman–Crippen LogP) is 7.98. The normalized spacial score (nSPS) is 11.9. The Bertz CT molecular complexity index is 2210. The summed E-state index contributed by atoms with van der Waals surface area (Å²) in [5, 5.41) is 6.61. The summed E-state index contributed by atoms with van der Waals surface area (Å²) in [6.07, 6.45) is -1.29. The highest BCUT2D eigenvalue weighted by Gasteiger charge is 2.30. The molecule has 6 rings (SSSR count). The number of rotatable bonds is 8. The molecule has 13 heteroatoms. The Labute approximate surface area is 292 Å². The van der Waals surface area contributed by atoms with E-state index >= 15 is 0 Å². The van der Waals surface area contributed by atoms with Gasteiger partial charge in [0, 0.05) is 29.0 Å². The van der Waals surface area contributed by atoms with Crippen molar-refractivity contribution in [2.45, 2.75) is 19.1 Å². The van der Waals surface area contributed by atoms with Crippen LogP contribution < -0.4 is 10.6 Å². The van der Waals surface area contributed by atoms with Crippen LogP contribution in [0.15, 0.2) is 134 Å². The highest BCUT2D eigenvalue weighted by Crippen LogP contribution is 2.32. The van der Waals surface area contributed by atoms with Gasteiger partial charge in [-0.05, 0) is 72.1 Å². The Morgan fingerprint density at radius 1 is 0.804 bits per heavy atom. The minimum Gasteiger partial charge on any atom is -0.339 e. The zero-order chi connectivity index (χ0) is 36.6. The van der Waals surface area contributed by atoms with E-state index in [2.05, 4.69) is 20.6 Å². The molecule has 2 amide bonds. The zero-order valence-corrected chi connectivity index (χ0v) is 27.8. The monoisotopic (exact) mass is 712 g/mol. The lowest BCUT2D eigenvalue weighted by Crippen LogP contribution is -2.30. The van der Waals surface area contributed by atoms with Gasteiger partial charge in [-0.15, -0.1) is 0 Å². The number of carbonyl (C=O) groups excluding carboxylic acids is 2. The molecule has 0 radical (unpaired) electrons. The van der Waals surface area contributed by atoms with Gasteiger partial charge < -0.3 is 10.6 Å². The first-order chi connectivity index (χ1) is 24.3. The van der Waals surface area contributed by atoms with Crippen molar-refractivity contribution in [2.24, 2.45) is 0 Å². The van der Waals surface area contributed by atoms with Gasteiger partial charge in [0.1, 0.15) is 0 Å². The second-order valence-corrected chi connectivity index (χ2v) is 12.9. The Morgan fingerprint density at radius 2 is 1.47 bits per heavy atom. The highest BCUT2D eigenvalue weighted by atomic mass is 32.2. The maximum atomic E-state index is 13.3. The summed E-state index contributed by atoms with van der Waals surface area (Å²) >= 11 is 0. The Balaban J connectivity index is 0.000000774. The van der Waals surface area contributed by atoms with Crippen LogP contribution in [0.1, 0.15) is 50.5 Å². The summed E-state index contributed by atoms with van der Waals surface area (Å²) < 4.78 is 66.0. The Morgan fingerprint density at radius 3 is 2.12 bits per heavy atom. The van der Waals surface area contributed by atoms with Gasteiger partial charge in [-0.1, -0.05) is 72.8 Å². The average Bonchev–Trinajstić information content (AvgIpc) is 3.14. The summed E-state index contributed by atoms with van der Waals surface area (Å²) in [6.45, 7) is 1.37. The maximum absolute atomic E-state index is 13.3. The fourth-order valence-corrected chi connectivity index (χ4v) is 5.03. The van der Waals surface area contributed by atoms with Gasteiger partial charge in [-0.3, -0.25) is 24.1 Å². The molecule has 2 heterocycles.